The largest absolute Gasteiger partial charge is 0.399 e. The maximum Gasteiger partial charge on any atom is 0.209 e. The Balaban J connectivity index is 1.99. The van der Waals surface area contributed by atoms with Gasteiger partial charge >= 0.3 is 0 Å². The van der Waals surface area contributed by atoms with Gasteiger partial charge in [-0.2, -0.15) is 0 Å². The minimum atomic E-state index is -0.702. The summed E-state index contributed by atoms with van der Waals surface area (Å²) in [5.41, 5.74) is 7.74. The standard InChI is InChI=1S/C20H17ClF2N2O/c1-11-7-15(10-16-17(22)8-14(24)9-18(16)23)25(2)19(11)20(26)12-3-5-13(21)6-4-12/h3-9H,10,24H2,1-2H3. The number of nitrogens with zero attached hydrogens (tertiary/aromatic N) is 1. The van der Waals surface area contributed by atoms with Crippen LogP contribution in [-0.2, 0) is 13.5 Å². The van der Waals surface area contributed by atoms with Gasteiger partial charge in [-0.25, -0.2) is 8.78 Å². The Morgan fingerprint density at radius 2 is 1.69 bits per heavy atom. The van der Waals surface area contributed by atoms with Crippen LogP contribution in [-0.4, -0.2) is 10.4 Å². The molecule has 0 radical (unpaired) electrons. The van der Waals surface area contributed by atoms with Crippen molar-refractivity contribution in [1.29, 1.82) is 0 Å². The molecule has 0 unspecified atom stereocenters. The zero-order valence-electron chi connectivity index (χ0n) is 14.3. The molecular weight excluding hydrogens is 358 g/mol. The minimum Gasteiger partial charge on any atom is -0.399 e. The van der Waals surface area contributed by atoms with E-state index >= 15 is 0 Å². The molecule has 0 fully saturated rings. The minimum absolute atomic E-state index is 0.0170. The maximum absolute atomic E-state index is 14.1. The fraction of sp³-hybridized carbons (Fsp3) is 0.150. The summed E-state index contributed by atoms with van der Waals surface area (Å²) >= 11 is 5.86. The third-order valence-corrected chi connectivity index (χ3v) is 4.62. The Labute approximate surface area is 155 Å². The van der Waals surface area contributed by atoms with Gasteiger partial charge in [0.2, 0.25) is 5.78 Å². The molecule has 3 rings (SSSR count). The number of carbonyl (C=O) groups excluding carboxylic acids is 1. The normalized spacial score (nSPS) is 11.0. The Morgan fingerprint density at radius 3 is 2.27 bits per heavy atom. The van der Waals surface area contributed by atoms with E-state index in [0.717, 1.165) is 17.7 Å². The second kappa shape index (κ2) is 6.92. The van der Waals surface area contributed by atoms with Gasteiger partial charge in [0.25, 0.3) is 0 Å². The van der Waals surface area contributed by atoms with Gasteiger partial charge in [0.1, 0.15) is 11.6 Å². The van der Waals surface area contributed by atoms with Crippen LogP contribution in [0.15, 0.2) is 42.5 Å². The number of nitrogen functional groups attached to an aromatic ring is 1. The highest BCUT2D eigenvalue weighted by Crippen LogP contribution is 2.24. The van der Waals surface area contributed by atoms with Crippen molar-refractivity contribution in [3.8, 4) is 0 Å². The molecule has 0 spiro atoms. The molecule has 0 saturated carbocycles. The average Bonchev–Trinajstić information content (AvgIpc) is 2.84. The molecule has 2 aromatic carbocycles. The summed E-state index contributed by atoms with van der Waals surface area (Å²) in [5, 5.41) is 0.542. The number of hydrogen-bond acceptors (Lipinski definition) is 2. The molecule has 26 heavy (non-hydrogen) atoms. The van der Waals surface area contributed by atoms with Crippen LogP contribution in [0.5, 0.6) is 0 Å². The molecule has 0 bridgehead atoms. The summed E-state index contributed by atoms with van der Waals surface area (Å²) in [5.74, 6) is -1.58. The predicted octanol–water partition coefficient (Wildman–Crippen LogP) is 4.67. The molecule has 0 amide bonds. The van der Waals surface area contributed by atoms with Crippen molar-refractivity contribution in [1.82, 2.24) is 4.57 Å². The first kappa shape index (κ1) is 18.1. The summed E-state index contributed by atoms with van der Waals surface area (Å²) in [7, 11) is 1.71. The molecule has 2 N–H and O–H groups in total. The number of rotatable bonds is 4. The Kier molecular flexibility index (Phi) is 4.83. The van der Waals surface area contributed by atoms with Gasteiger partial charge in [-0.3, -0.25) is 4.79 Å². The molecule has 0 aliphatic heterocycles. The fourth-order valence-corrected chi connectivity index (χ4v) is 3.16. The van der Waals surface area contributed by atoms with Crippen LogP contribution in [0.2, 0.25) is 5.02 Å². The molecule has 134 valence electrons. The van der Waals surface area contributed by atoms with Gasteiger partial charge in [-0.15, -0.1) is 0 Å². The summed E-state index contributed by atoms with van der Waals surface area (Å²) < 4.78 is 29.8. The molecular formula is C20H17ClF2N2O. The SMILES string of the molecule is Cc1cc(Cc2c(F)cc(N)cc2F)n(C)c1C(=O)c1ccc(Cl)cc1. The lowest BCUT2D eigenvalue weighted by atomic mass is 10.1. The highest BCUT2D eigenvalue weighted by atomic mass is 35.5. The molecule has 6 heteroatoms. The lowest BCUT2D eigenvalue weighted by Crippen LogP contribution is -2.11. The lowest BCUT2D eigenvalue weighted by Gasteiger charge is -2.10. The van der Waals surface area contributed by atoms with E-state index in [1.165, 1.54) is 0 Å². The number of benzene rings is 2. The van der Waals surface area contributed by atoms with Gasteiger partial charge in [0, 0.05) is 41.0 Å². The van der Waals surface area contributed by atoms with Crippen molar-refractivity contribution in [3.05, 3.63) is 87.2 Å². The zero-order valence-corrected chi connectivity index (χ0v) is 15.1. The van der Waals surface area contributed by atoms with Crippen LogP contribution in [0.4, 0.5) is 14.5 Å². The number of nitrogens with two attached hydrogens (primary N) is 1. The van der Waals surface area contributed by atoms with E-state index in [1.54, 1.807) is 48.9 Å². The van der Waals surface area contributed by atoms with E-state index in [0.29, 0.717) is 22.0 Å². The van der Waals surface area contributed by atoms with Gasteiger partial charge in [0.05, 0.1) is 5.69 Å². The van der Waals surface area contributed by atoms with Crippen LogP contribution < -0.4 is 5.73 Å². The van der Waals surface area contributed by atoms with E-state index in [1.807, 2.05) is 0 Å². The molecule has 3 nitrogen and oxygen atoms in total. The second-order valence-corrected chi connectivity index (χ2v) is 6.64. The van der Waals surface area contributed by atoms with Crippen LogP contribution >= 0.6 is 11.6 Å². The van der Waals surface area contributed by atoms with Gasteiger partial charge in [0.15, 0.2) is 0 Å². The van der Waals surface area contributed by atoms with E-state index in [-0.39, 0.29) is 23.5 Å². The monoisotopic (exact) mass is 374 g/mol. The number of aryl methyl sites for hydroxylation is 1. The van der Waals surface area contributed by atoms with E-state index in [4.69, 9.17) is 17.3 Å². The first-order valence-corrected chi connectivity index (χ1v) is 8.34. The predicted molar refractivity (Wildman–Crippen MR) is 98.6 cm³/mol. The molecule has 1 aromatic heterocycles. The number of aromatic nitrogens is 1. The van der Waals surface area contributed by atoms with Crippen LogP contribution in [0, 0.1) is 18.6 Å². The quantitative estimate of drug-likeness (QED) is 0.533. The van der Waals surface area contributed by atoms with Crippen LogP contribution in [0.3, 0.4) is 0 Å². The highest BCUT2D eigenvalue weighted by Gasteiger charge is 2.20. The van der Waals surface area contributed by atoms with Crippen molar-refractivity contribution in [2.24, 2.45) is 7.05 Å². The average molecular weight is 375 g/mol. The van der Waals surface area contributed by atoms with E-state index in [9.17, 15) is 13.6 Å². The molecule has 3 aromatic rings. The molecule has 0 saturated heterocycles. The van der Waals surface area contributed by atoms with Crippen LogP contribution in [0.1, 0.15) is 32.9 Å². The van der Waals surface area contributed by atoms with Gasteiger partial charge in [-0.05, 0) is 55.0 Å². The van der Waals surface area contributed by atoms with E-state index in [2.05, 4.69) is 0 Å². The first-order valence-electron chi connectivity index (χ1n) is 7.96. The first-order chi connectivity index (χ1) is 12.3. The van der Waals surface area contributed by atoms with E-state index < -0.39 is 11.6 Å². The number of anilines is 1. The van der Waals surface area contributed by atoms with Gasteiger partial charge in [-0.1, -0.05) is 11.6 Å². The molecule has 1 heterocycles. The second-order valence-electron chi connectivity index (χ2n) is 6.20. The Bertz CT molecular complexity index is 971. The van der Waals surface area contributed by atoms with Crippen molar-refractivity contribution in [2.45, 2.75) is 13.3 Å². The van der Waals surface area contributed by atoms with Crippen molar-refractivity contribution >= 4 is 23.1 Å². The maximum atomic E-state index is 14.1. The van der Waals surface area contributed by atoms with Crippen LogP contribution in [0.25, 0.3) is 0 Å². The number of halogens is 3. The number of carbonyl (C=O) groups is 1. The molecule has 0 aliphatic rings. The Hall–Kier alpha value is -2.66. The number of ketones is 1. The van der Waals surface area contributed by atoms with Crippen molar-refractivity contribution < 1.29 is 13.6 Å². The number of hydrogen-bond donors (Lipinski definition) is 1. The third kappa shape index (κ3) is 3.35. The Morgan fingerprint density at radius 1 is 1.12 bits per heavy atom. The summed E-state index contributed by atoms with van der Waals surface area (Å²) in [4.78, 5) is 12.8. The highest BCUT2D eigenvalue weighted by molar-refractivity contribution is 6.30. The third-order valence-electron chi connectivity index (χ3n) is 4.37. The summed E-state index contributed by atoms with van der Waals surface area (Å²) in [6.07, 6.45) is 0.0170. The fourth-order valence-electron chi connectivity index (χ4n) is 3.03. The molecule has 0 atom stereocenters. The summed E-state index contributed by atoms with van der Waals surface area (Å²) in [6.45, 7) is 1.79. The van der Waals surface area contributed by atoms with Gasteiger partial charge < -0.3 is 10.3 Å². The summed E-state index contributed by atoms with van der Waals surface area (Å²) in [6, 6.07) is 10.5. The molecule has 0 aliphatic carbocycles. The topological polar surface area (TPSA) is 48.0 Å². The smallest absolute Gasteiger partial charge is 0.209 e. The van der Waals surface area contributed by atoms with Crippen molar-refractivity contribution in [2.75, 3.05) is 5.73 Å². The lowest BCUT2D eigenvalue weighted by molar-refractivity contribution is 0.103. The van der Waals surface area contributed by atoms with Crippen molar-refractivity contribution in [3.63, 3.8) is 0 Å². The zero-order chi connectivity index (χ0) is 19.0.